The molecule has 0 amide bonds. The molecule has 1 aromatic carbocycles. The molecule has 0 spiro atoms. The Hall–Kier alpha value is -2.49. The molecule has 1 fully saturated rings. The second-order valence-corrected chi connectivity index (χ2v) is 5.80. The van der Waals surface area contributed by atoms with Crippen molar-refractivity contribution in [3.63, 3.8) is 0 Å². The van der Waals surface area contributed by atoms with Crippen LogP contribution in [0.15, 0.2) is 60.1 Å². The maximum Gasteiger partial charge on any atom is 0.336 e. The highest BCUT2D eigenvalue weighted by Gasteiger charge is 2.43. The minimum absolute atomic E-state index is 0.0157. The van der Waals surface area contributed by atoms with E-state index >= 15 is 0 Å². The van der Waals surface area contributed by atoms with Crippen LogP contribution in [0.4, 0.5) is 0 Å². The van der Waals surface area contributed by atoms with Crippen LogP contribution in [-0.2, 0) is 25.4 Å². The summed E-state index contributed by atoms with van der Waals surface area (Å²) in [6.07, 6.45) is 3.57. The van der Waals surface area contributed by atoms with Gasteiger partial charge in [-0.2, -0.15) is 0 Å². The summed E-state index contributed by atoms with van der Waals surface area (Å²) in [6, 6.07) is 8.29. The first-order valence-electron chi connectivity index (χ1n) is 7.32. The fraction of sp³-hybridized carbons (Fsp3) is 0.278. The van der Waals surface area contributed by atoms with Crippen molar-refractivity contribution in [2.24, 2.45) is 5.92 Å². The first kappa shape index (κ1) is 13.2. The lowest BCUT2D eigenvalue weighted by Gasteiger charge is -2.10. The lowest BCUT2D eigenvalue weighted by atomic mass is 9.97. The van der Waals surface area contributed by atoms with Gasteiger partial charge < -0.3 is 14.2 Å². The second-order valence-electron chi connectivity index (χ2n) is 5.80. The molecule has 0 radical (unpaired) electrons. The van der Waals surface area contributed by atoms with E-state index in [2.05, 4.69) is 18.7 Å². The lowest BCUT2D eigenvalue weighted by Crippen LogP contribution is -2.10. The number of benzene rings is 1. The Morgan fingerprint density at radius 3 is 2.91 bits per heavy atom. The fourth-order valence-corrected chi connectivity index (χ4v) is 3.27. The van der Waals surface area contributed by atoms with Crippen molar-refractivity contribution in [1.29, 1.82) is 0 Å². The van der Waals surface area contributed by atoms with Crippen LogP contribution < -0.4 is 0 Å². The SMILES string of the molecule is C=C1O[C@@H]2c3ccccc3C[C@@H]2/C1=C\O[C@H]1C=C(C)C(=O)O1. The van der Waals surface area contributed by atoms with Crippen molar-refractivity contribution in [1.82, 2.24) is 0 Å². The van der Waals surface area contributed by atoms with Crippen molar-refractivity contribution >= 4 is 5.97 Å². The van der Waals surface area contributed by atoms with Crippen LogP contribution in [0.3, 0.4) is 0 Å². The van der Waals surface area contributed by atoms with Gasteiger partial charge in [-0.1, -0.05) is 30.8 Å². The van der Waals surface area contributed by atoms with Crippen molar-refractivity contribution in [3.8, 4) is 0 Å². The molecule has 112 valence electrons. The highest BCUT2D eigenvalue weighted by molar-refractivity contribution is 5.89. The number of fused-ring (bicyclic) bond motifs is 3. The third kappa shape index (κ3) is 1.95. The molecule has 4 rings (SSSR count). The Morgan fingerprint density at radius 2 is 2.14 bits per heavy atom. The topological polar surface area (TPSA) is 44.8 Å². The van der Waals surface area contributed by atoms with Crippen LogP contribution in [0.25, 0.3) is 0 Å². The maximum absolute atomic E-state index is 11.3. The molecule has 0 aromatic heterocycles. The van der Waals surface area contributed by atoms with E-state index in [9.17, 15) is 4.79 Å². The molecule has 1 aromatic rings. The smallest absolute Gasteiger partial charge is 0.336 e. The average molecular weight is 296 g/mol. The molecule has 22 heavy (non-hydrogen) atoms. The first-order valence-corrected chi connectivity index (χ1v) is 7.32. The number of cyclic esters (lactones) is 1. The molecule has 0 saturated carbocycles. The largest absolute Gasteiger partial charge is 0.485 e. The van der Waals surface area contributed by atoms with Gasteiger partial charge in [-0.3, -0.25) is 0 Å². The average Bonchev–Trinajstić information content (AvgIpc) is 3.10. The Morgan fingerprint density at radius 1 is 1.32 bits per heavy atom. The van der Waals surface area contributed by atoms with Gasteiger partial charge in [-0.05, 0) is 24.5 Å². The predicted molar refractivity (Wildman–Crippen MR) is 79.4 cm³/mol. The van der Waals surface area contributed by atoms with Crippen LogP contribution in [0.1, 0.15) is 24.2 Å². The Labute approximate surface area is 128 Å². The number of hydrogen-bond acceptors (Lipinski definition) is 4. The number of carbonyl (C=O) groups is 1. The van der Waals surface area contributed by atoms with Gasteiger partial charge in [0.15, 0.2) is 0 Å². The number of esters is 1. The van der Waals surface area contributed by atoms with E-state index in [1.165, 1.54) is 11.1 Å². The van der Waals surface area contributed by atoms with Crippen LogP contribution in [-0.4, -0.2) is 12.3 Å². The summed E-state index contributed by atoms with van der Waals surface area (Å²) in [5.74, 6) is 0.512. The summed E-state index contributed by atoms with van der Waals surface area (Å²) in [5.41, 5.74) is 4.03. The number of hydrogen-bond donors (Lipinski definition) is 0. The molecule has 3 atom stereocenters. The molecule has 1 saturated heterocycles. The van der Waals surface area contributed by atoms with E-state index in [0.29, 0.717) is 11.3 Å². The van der Waals surface area contributed by atoms with Crippen LogP contribution >= 0.6 is 0 Å². The Bertz CT molecular complexity index is 728. The highest BCUT2D eigenvalue weighted by atomic mass is 16.7. The second kappa shape index (κ2) is 4.77. The summed E-state index contributed by atoms with van der Waals surface area (Å²) in [4.78, 5) is 11.3. The van der Waals surface area contributed by atoms with Gasteiger partial charge in [-0.25, -0.2) is 4.79 Å². The van der Waals surface area contributed by atoms with Gasteiger partial charge in [0.2, 0.25) is 0 Å². The highest BCUT2D eigenvalue weighted by Crippen LogP contribution is 2.50. The van der Waals surface area contributed by atoms with Crippen molar-refractivity contribution in [3.05, 3.63) is 71.2 Å². The van der Waals surface area contributed by atoms with Gasteiger partial charge in [-0.15, -0.1) is 0 Å². The van der Waals surface area contributed by atoms with Gasteiger partial charge in [0.1, 0.15) is 11.9 Å². The zero-order valence-corrected chi connectivity index (χ0v) is 12.2. The zero-order chi connectivity index (χ0) is 15.3. The summed E-state index contributed by atoms with van der Waals surface area (Å²) < 4.78 is 16.6. The van der Waals surface area contributed by atoms with Gasteiger partial charge in [0, 0.05) is 23.1 Å². The van der Waals surface area contributed by atoms with Gasteiger partial charge in [0.05, 0.1) is 6.26 Å². The van der Waals surface area contributed by atoms with E-state index in [1.54, 1.807) is 19.3 Å². The maximum atomic E-state index is 11.3. The third-order valence-corrected chi connectivity index (χ3v) is 4.42. The molecule has 3 aliphatic rings. The summed E-state index contributed by atoms with van der Waals surface area (Å²) in [6.45, 7) is 5.68. The number of ether oxygens (including phenoxy) is 3. The number of allylic oxidation sites excluding steroid dienone is 1. The van der Waals surface area contributed by atoms with Crippen molar-refractivity contribution in [2.75, 3.05) is 0 Å². The molecular formula is C18H16O4. The molecule has 0 bridgehead atoms. The van der Waals surface area contributed by atoms with Crippen molar-refractivity contribution in [2.45, 2.75) is 25.7 Å². The molecule has 2 heterocycles. The Balaban J connectivity index is 1.55. The van der Waals surface area contributed by atoms with E-state index in [-0.39, 0.29) is 18.0 Å². The monoisotopic (exact) mass is 296 g/mol. The molecule has 2 aliphatic heterocycles. The van der Waals surface area contributed by atoms with E-state index in [4.69, 9.17) is 14.2 Å². The molecule has 4 nitrogen and oxygen atoms in total. The molecule has 1 aliphatic carbocycles. The number of rotatable bonds is 2. The molecule has 0 unspecified atom stereocenters. The third-order valence-electron chi connectivity index (χ3n) is 4.42. The normalized spacial score (nSPS) is 30.7. The summed E-state index contributed by atoms with van der Waals surface area (Å²) >= 11 is 0. The Kier molecular flexibility index (Phi) is 2.86. The van der Waals surface area contributed by atoms with Gasteiger partial charge >= 0.3 is 5.97 Å². The van der Waals surface area contributed by atoms with E-state index in [1.807, 2.05) is 12.1 Å². The zero-order valence-electron chi connectivity index (χ0n) is 12.2. The van der Waals surface area contributed by atoms with Crippen LogP contribution in [0.5, 0.6) is 0 Å². The molecule has 4 heteroatoms. The minimum atomic E-state index is -0.657. The lowest BCUT2D eigenvalue weighted by molar-refractivity contribution is -0.152. The summed E-state index contributed by atoms with van der Waals surface area (Å²) in [7, 11) is 0. The standard InChI is InChI=1S/C18H16O4/c1-10-7-16(22-18(10)19)20-9-15-11(2)21-17-13-6-4-3-5-12(13)8-14(15)17/h3-7,9,14,16-17H,2,8H2,1H3/b15-9-/t14-,16-,17-/m1/s1. The quantitative estimate of drug-likeness (QED) is 0.621. The van der Waals surface area contributed by atoms with Crippen LogP contribution in [0, 0.1) is 5.92 Å². The van der Waals surface area contributed by atoms with Crippen LogP contribution in [0.2, 0.25) is 0 Å². The van der Waals surface area contributed by atoms with Crippen molar-refractivity contribution < 1.29 is 19.0 Å². The van der Waals surface area contributed by atoms with E-state index in [0.717, 1.165) is 12.0 Å². The summed E-state index contributed by atoms with van der Waals surface area (Å²) in [5, 5.41) is 0. The minimum Gasteiger partial charge on any atom is -0.485 e. The van der Waals surface area contributed by atoms with Gasteiger partial charge in [0.25, 0.3) is 6.29 Å². The predicted octanol–water partition coefficient (Wildman–Crippen LogP) is 3.17. The molecular weight excluding hydrogens is 280 g/mol. The number of carbonyl (C=O) groups excluding carboxylic acids is 1. The first-order chi connectivity index (χ1) is 10.6. The molecule has 0 N–H and O–H groups in total. The van der Waals surface area contributed by atoms with E-state index < -0.39 is 6.29 Å². The fourth-order valence-electron chi connectivity index (χ4n) is 3.27.